The Labute approximate surface area is 118 Å². The Kier molecular flexibility index (Phi) is 9.81. The van der Waals surface area contributed by atoms with E-state index in [1.54, 1.807) is 6.20 Å². The summed E-state index contributed by atoms with van der Waals surface area (Å²) in [5.41, 5.74) is 1.25. The van der Waals surface area contributed by atoms with E-state index in [0.29, 0.717) is 0 Å². The topological polar surface area (TPSA) is 103 Å². The summed E-state index contributed by atoms with van der Waals surface area (Å²) in [5.74, 6) is -3.65. The van der Waals surface area contributed by atoms with Crippen molar-refractivity contribution in [2.75, 3.05) is 27.2 Å². The van der Waals surface area contributed by atoms with Crippen LogP contribution in [0.1, 0.15) is 12.0 Å². The molecule has 0 aliphatic rings. The minimum atomic E-state index is -1.82. The molecule has 7 nitrogen and oxygen atoms in total. The molecule has 112 valence electrons. The fourth-order valence-corrected chi connectivity index (χ4v) is 1.26. The summed E-state index contributed by atoms with van der Waals surface area (Å²) >= 11 is 0. The first-order valence-corrected chi connectivity index (χ1v) is 6.14. The molecule has 0 aromatic carbocycles. The number of pyridine rings is 1. The molecule has 0 spiro atoms. The highest BCUT2D eigenvalue weighted by atomic mass is 16.4. The van der Waals surface area contributed by atoms with Gasteiger partial charge in [0.25, 0.3) is 0 Å². The van der Waals surface area contributed by atoms with Crippen LogP contribution < -0.4 is 5.32 Å². The molecular formula is C13H21N3O4. The SMILES string of the molecule is CN(C)CCCNCc1cccnc1.O=C(O)C(=O)O. The fraction of sp³-hybridized carbons (Fsp3) is 0.462. The molecular weight excluding hydrogens is 262 g/mol. The van der Waals surface area contributed by atoms with Crippen LogP contribution in [0, 0.1) is 0 Å². The molecule has 3 N–H and O–H groups in total. The highest BCUT2D eigenvalue weighted by molar-refractivity contribution is 6.27. The largest absolute Gasteiger partial charge is 0.473 e. The first-order chi connectivity index (χ1) is 9.43. The van der Waals surface area contributed by atoms with Gasteiger partial charge in [0, 0.05) is 18.9 Å². The number of carboxylic acid groups (broad SMARTS) is 2. The summed E-state index contributed by atoms with van der Waals surface area (Å²) in [5, 5.41) is 18.2. The number of rotatable bonds is 6. The van der Waals surface area contributed by atoms with Crippen molar-refractivity contribution in [1.29, 1.82) is 0 Å². The lowest BCUT2D eigenvalue weighted by atomic mass is 10.3. The van der Waals surface area contributed by atoms with Gasteiger partial charge < -0.3 is 20.4 Å². The lowest BCUT2D eigenvalue weighted by molar-refractivity contribution is -0.159. The average Bonchev–Trinajstić information content (AvgIpc) is 2.40. The Hall–Kier alpha value is -1.99. The number of nitrogens with one attached hydrogen (secondary N) is 1. The van der Waals surface area contributed by atoms with Gasteiger partial charge in [-0.25, -0.2) is 9.59 Å². The van der Waals surface area contributed by atoms with Crippen molar-refractivity contribution in [2.24, 2.45) is 0 Å². The molecule has 1 aromatic heterocycles. The highest BCUT2D eigenvalue weighted by Gasteiger charge is 2.04. The second-order valence-electron chi connectivity index (χ2n) is 4.31. The van der Waals surface area contributed by atoms with Crippen molar-refractivity contribution in [3.63, 3.8) is 0 Å². The number of carbonyl (C=O) groups is 2. The molecule has 0 bridgehead atoms. The van der Waals surface area contributed by atoms with Crippen LogP contribution in [0.3, 0.4) is 0 Å². The van der Waals surface area contributed by atoms with Gasteiger partial charge in [-0.1, -0.05) is 6.07 Å². The summed E-state index contributed by atoms with van der Waals surface area (Å²) in [6.07, 6.45) is 4.89. The van der Waals surface area contributed by atoms with Gasteiger partial charge in [-0.3, -0.25) is 4.98 Å². The zero-order valence-corrected chi connectivity index (χ0v) is 11.7. The lowest BCUT2D eigenvalue weighted by Gasteiger charge is -2.09. The van der Waals surface area contributed by atoms with Crippen LogP contribution in [0.2, 0.25) is 0 Å². The number of aliphatic carboxylic acids is 2. The van der Waals surface area contributed by atoms with Crippen LogP contribution >= 0.6 is 0 Å². The minimum Gasteiger partial charge on any atom is -0.473 e. The molecule has 7 heteroatoms. The molecule has 1 heterocycles. The lowest BCUT2D eigenvalue weighted by Crippen LogP contribution is -2.20. The van der Waals surface area contributed by atoms with E-state index in [1.165, 1.54) is 12.0 Å². The third-order valence-electron chi connectivity index (χ3n) is 2.19. The Bertz CT molecular complexity index is 384. The van der Waals surface area contributed by atoms with Crippen LogP contribution in [0.5, 0.6) is 0 Å². The molecule has 0 saturated carbocycles. The van der Waals surface area contributed by atoms with Gasteiger partial charge in [0.05, 0.1) is 0 Å². The third-order valence-corrected chi connectivity index (χ3v) is 2.19. The molecule has 0 saturated heterocycles. The van der Waals surface area contributed by atoms with Gasteiger partial charge in [0.15, 0.2) is 0 Å². The maximum atomic E-state index is 9.10. The number of aromatic nitrogens is 1. The van der Waals surface area contributed by atoms with Crippen LogP contribution in [0.15, 0.2) is 24.5 Å². The maximum absolute atomic E-state index is 9.10. The quantitative estimate of drug-likeness (QED) is 0.509. The average molecular weight is 283 g/mol. The van der Waals surface area contributed by atoms with Gasteiger partial charge in [0.1, 0.15) is 0 Å². The predicted octanol–water partition coefficient (Wildman–Crippen LogP) is 0.279. The first kappa shape index (κ1) is 18.0. The Balaban J connectivity index is 0.000000511. The van der Waals surface area contributed by atoms with Gasteiger partial charge in [-0.05, 0) is 45.2 Å². The van der Waals surface area contributed by atoms with E-state index in [4.69, 9.17) is 19.8 Å². The van der Waals surface area contributed by atoms with Crippen molar-refractivity contribution >= 4 is 11.9 Å². The van der Waals surface area contributed by atoms with E-state index in [2.05, 4.69) is 35.4 Å². The van der Waals surface area contributed by atoms with E-state index in [0.717, 1.165) is 19.6 Å². The molecule has 0 unspecified atom stereocenters. The maximum Gasteiger partial charge on any atom is 0.414 e. The number of hydrogen-bond donors (Lipinski definition) is 3. The highest BCUT2D eigenvalue weighted by Crippen LogP contribution is 1.94. The van der Waals surface area contributed by atoms with E-state index in [1.807, 2.05) is 12.3 Å². The van der Waals surface area contributed by atoms with E-state index >= 15 is 0 Å². The second kappa shape index (κ2) is 10.9. The van der Waals surface area contributed by atoms with E-state index in [-0.39, 0.29) is 0 Å². The molecule has 1 aromatic rings. The van der Waals surface area contributed by atoms with E-state index < -0.39 is 11.9 Å². The molecule has 0 fully saturated rings. The molecule has 20 heavy (non-hydrogen) atoms. The first-order valence-electron chi connectivity index (χ1n) is 6.14. The summed E-state index contributed by atoms with van der Waals surface area (Å²) in [7, 11) is 4.20. The molecule has 0 amide bonds. The normalized spacial score (nSPS) is 9.75. The standard InChI is InChI=1S/C11H19N3.C2H2O4/c1-14(2)8-4-7-13-10-11-5-3-6-12-9-11;3-1(4)2(5)6/h3,5-6,9,13H,4,7-8,10H2,1-2H3;(H,3,4)(H,5,6). The Morgan fingerprint density at radius 1 is 1.30 bits per heavy atom. The summed E-state index contributed by atoms with van der Waals surface area (Å²) in [4.78, 5) is 24.5. The zero-order chi connectivity index (χ0) is 15.4. The van der Waals surface area contributed by atoms with Crippen molar-refractivity contribution in [1.82, 2.24) is 15.2 Å². The summed E-state index contributed by atoms with van der Waals surface area (Å²) in [6, 6.07) is 4.06. The monoisotopic (exact) mass is 283 g/mol. The number of hydrogen-bond acceptors (Lipinski definition) is 5. The molecule has 0 atom stereocenters. The van der Waals surface area contributed by atoms with Gasteiger partial charge >= 0.3 is 11.9 Å². The number of nitrogens with zero attached hydrogens (tertiary/aromatic N) is 2. The Morgan fingerprint density at radius 3 is 2.40 bits per heavy atom. The van der Waals surface area contributed by atoms with Crippen LogP contribution in [-0.2, 0) is 16.1 Å². The number of carboxylic acids is 2. The molecule has 0 aliphatic carbocycles. The zero-order valence-electron chi connectivity index (χ0n) is 11.7. The van der Waals surface area contributed by atoms with Crippen LogP contribution in [0.4, 0.5) is 0 Å². The molecule has 0 radical (unpaired) electrons. The smallest absolute Gasteiger partial charge is 0.414 e. The fourth-order valence-electron chi connectivity index (χ4n) is 1.26. The third kappa shape index (κ3) is 11.1. The van der Waals surface area contributed by atoms with Gasteiger partial charge in [-0.15, -0.1) is 0 Å². The van der Waals surface area contributed by atoms with Crippen LogP contribution in [0.25, 0.3) is 0 Å². The second-order valence-corrected chi connectivity index (χ2v) is 4.31. The molecule has 1 rings (SSSR count). The van der Waals surface area contributed by atoms with Gasteiger partial charge in [0.2, 0.25) is 0 Å². The minimum absolute atomic E-state index is 0.918. The van der Waals surface area contributed by atoms with Crippen molar-refractivity contribution in [3.8, 4) is 0 Å². The summed E-state index contributed by atoms with van der Waals surface area (Å²) in [6.45, 7) is 3.12. The van der Waals surface area contributed by atoms with Crippen molar-refractivity contribution < 1.29 is 19.8 Å². The summed E-state index contributed by atoms with van der Waals surface area (Å²) < 4.78 is 0. The predicted molar refractivity (Wildman–Crippen MR) is 74.4 cm³/mol. The van der Waals surface area contributed by atoms with Crippen molar-refractivity contribution in [2.45, 2.75) is 13.0 Å². The van der Waals surface area contributed by atoms with E-state index in [9.17, 15) is 0 Å². The van der Waals surface area contributed by atoms with Crippen LogP contribution in [-0.4, -0.2) is 59.2 Å². The van der Waals surface area contributed by atoms with Crippen molar-refractivity contribution in [3.05, 3.63) is 30.1 Å². The Morgan fingerprint density at radius 2 is 1.95 bits per heavy atom. The molecule has 0 aliphatic heterocycles. The van der Waals surface area contributed by atoms with Gasteiger partial charge in [-0.2, -0.15) is 0 Å².